The SMILES string of the molecule is Cc1ccccc1-n1nc(C(=O)NCC(=O)NCc2ccco2)c2c1CCC2. The molecule has 7 heteroatoms. The first-order valence-corrected chi connectivity index (χ1v) is 9.37. The fraction of sp³-hybridized carbons (Fsp3) is 0.286. The first-order chi connectivity index (χ1) is 13.6. The van der Waals surface area contributed by atoms with Gasteiger partial charge in [-0.3, -0.25) is 9.59 Å². The number of furan rings is 1. The fourth-order valence-electron chi connectivity index (χ4n) is 3.53. The average Bonchev–Trinajstić information content (AvgIpc) is 3.42. The van der Waals surface area contributed by atoms with Crippen LogP contribution in [0.2, 0.25) is 0 Å². The number of nitrogens with zero attached hydrogens (tertiary/aromatic N) is 2. The Morgan fingerprint density at radius 3 is 2.79 bits per heavy atom. The smallest absolute Gasteiger partial charge is 0.272 e. The quantitative estimate of drug-likeness (QED) is 0.689. The van der Waals surface area contributed by atoms with Crippen LogP contribution in [0.5, 0.6) is 0 Å². The van der Waals surface area contributed by atoms with Crippen LogP contribution in [0.4, 0.5) is 0 Å². The predicted octanol–water partition coefficient (Wildman–Crippen LogP) is 2.31. The summed E-state index contributed by atoms with van der Waals surface area (Å²) in [7, 11) is 0. The lowest BCUT2D eigenvalue weighted by molar-refractivity contribution is -0.120. The molecule has 0 saturated heterocycles. The minimum Gasteiger partial charge on any atom is -0.467 e. The van der Waals surface area contributed by atoms with E-state index >= 15 is 0 Å². The van der Waals surface area contributed by atoms with Crippen LogP contribution in [0.25, 0.3) is 5.69 Å². The molecule has 1 aliphatic carbocycles. The topological polar surface area (TPSA) is 89.2 Å². The summed E-state index contributed by atoms with van der Waals surface area (Å²) in [5.41, 5.74) is 4.56. The van der Waals surface area contributed by atoms with Crippen LogP contribution in [0.3, 0.4) is 0 Å². The van der Waals surface area contributed by atoms with Crippen molar-refractivity contribution in [3.63, 3.8) is 0 Å². The van der Waals surface area contributed by atoms with Gasteiger partial charge in [-0.2, -0.15) is 5.10 Å². The second-order valence-corrected chi connectivity index (χ2v) is 6.86. The number of para-hydroxylation sites is 1. The number of carbonyl (C=O) groups excluding carboxylic acids is 2. The van der Waals surface area contributed by atoms with E-state index in [1.54, 1.807) is 18.4 Å². The fourth-order valence-corrected chi connectivity index (χ4v) is 3.53. The van der Waals surface area contributed by atoms with Gasteiger partial charge in [-0.1, -0.05) is 18.2 Å². The third-order valence-corrected chi connectivity index (χ3v) is 4.94. The Balaban J connectivity index is 1.45. The number of carbonyl (C=O) groups is 2. The largest absolute Gasteiger partial charge is 0.467 e. The summed E-state index contributed by atoms with van der Waals surface area (Å²) >= 11 is 0. The number of hydrogen-bond acceptors (Lipinski definition) is 4. The van der Waals surface area contributed by atoms with Gasteiger partial charge in [-0.25, -0.2) is 4.68 Å². The Morgan fingerprint density at radius 2 is 2.00 bits per heavy atom. The summed E-state index contributed by atoms with van der Waals surface area (Å²) in [4.78, 5) is 24.7. The van der Waals surface area contributed by atoms with Crippen molar-refractivity contribution in [2.24, 2.45) is 0 Å². The maximum absolute atomic E-state index is 12.7. The minimum absolute atomic E-state index is 0.106. The Morgan fingerprint density at radius 1 is 1.14 bits per heavy atom. The van der Waals surface area contributed by atoms with Gasteiger partial charge in [0.05, 0.1) is 25.0 Å². The van der Waals surface area contributed by atoms with Crippen LogP contribution in [0.1, 0.15) is 39.5 Å². The van der Waals surface area contributed by atoms with Crippen molar-refractivity contribution in [2.45, 2.75) is 32.7 Å². The van der Waals surface area contributed by atoms with Crippen LogP contribution >= 0.6 is 0 Å². The molecule has 2 heterocycles. The van der Waals surface area contributed by atoms with Crippen LogP contribution in [0, 0.1) is 6.92 Å². The van der Waals surface area contributed by atoms with Crippen molar-refractivity contribution in [3.8, 4) is 5.69 Å². The lowest BCUT2D eigenvalue weighted by Crippen LogP contribution is -2.37. The van der Waals surface area contributed by atoms with Gasteiger partial charge in [0.25, 0.3) is 5.91 Å². The molecule has 28 heavy (non-hydrogen) atoms. The highest BCUT2D eigenvalue weighted by Gasteiger charge is 2.27. The zero-order valence-electron chi connectivity index (χ0n) is 15.7. The molecule has 3 aromatic rings. The van der Waals surface area contributed by atoms with Gasteiger partial charge in [0.1, 0.15) is 5.76 Å². The molecule has 4 rings (SSSR count). The molecule has 0 atom stereocenters. The molecule has 0 radical (unpaired) electrons. The zero-order valence-corrected chi connectivity index (χ0v) is 15.7. The molecule has 2 amide bonds. The predicted molar refractivity (Wildman–Crippen MR) is 103 cm³/mol. The number of hydrogen-bond donors (Lipinski definition) is 2. The molecule has 144 valence electrons. The lowest BCUT2D eigenvalue weighted by atomic mass is 10.2. The maximum atomic E-state index is 12.7. The molecule has 2 aromatic heterocycles. The first-order valence-electron chi connectivity index (χ1n) is 9.37. The summed E-state index contributed by atoms with van der Waals surface area (Å²) in [6, 6.07) is 11.5. The molecular formula is C21H22N4O3. The van der Waals surface area contributed by atoms with E-state index in [4.69, 9.17) is 4.42 Å². The van der Waals surface area contributed by atoms with Crippen molar-refractivity contribution in [3.05, 3.63) is 70.9 Å². The van der Waals surface area contributed by atoms with E-state index in [1.165, 1.54) is 0 Å². The highest BCUT2D eigenvalue weighted by molar-refractivity contribution is 5.96. The van der Waals surface area contributed by atoms with Crippen LogP contribution < -0.4 is 10.6 Å². The van der Waals surface area contributed by atoms with Crippen molar-refractivity contribution in [2.75, 3.05) is 6.54 Å². The summed E-state index contributed by atoms with van der Waals surface area (Å²) in [6.07, 6.45) is 4.28. The van der Waals surface area contributed by atoms with Crippen molar-refractivity contribution in [1.82, 2.24) is 20.4 Å². The monoisotopic (exact) mass is 378 g/mol. The Labute approximate surface area is 162 Å². The second kappa shape index (κ2) is 7.72. The Kier molecular flexibility index (Phi) is 4.97. The van der Waals surface area contributed by atoms with Crippen molar-refractivity contribution in [1.29, 1.82) is 0 Å². The maximum Gasteiger partial charge on any atom is 0.272 e. The second-order valence-electron chi connectivity index (χ2n) is 6.86. The summed E-state index contributed by atoms with van der Waals surface area (Å²) in [5.74, 6) is 0.0628. The average molecular weight is 378 g/mol. The summed E-state index contributed by atoms with van der Waals surface area (Å²) < 4.78 is 7.05. The number of benzene rings is 1. The van der Waals surface area contributed by atoms with Gasteiger partial charge in [-0.15, -0.1) is 0 Å². The van der Waals surface area contributed by atoms with E-state index in [2.05, 4.69) is 15.7 Å². The van der Waals surface area contributed by atoms with Crippen molar-refractivity contribution >= 4 is 11.8 Å². The third-order valence-electron chi connectivity index (χ3n) is 4.94. The van der Waals surface area contributed by atoms with E-state index < -0.39 is 0 Å². The van der Waals surface area contributed by atoms with E-state index in [0.717, 1.165) is 41.8 Å². The summed E-state index contributed by atoms with van der Waals surface area (Å²) in [5, 5.41) is 9.98. The standard InChI is InChI=1S/C21H22N4O3/c1-14-6-2-3-9-17(14)25-18-10-4-8-16(18)20(24-25)21(27)23-13-19(26)22-12-15-7-5-11-28-15/h2-3,5-7,9,11H,4,8,10,12-13H2,1H3,(H,22,26)(H,23,27). The Hall–Kier alpha value is -3.35. The van der Waals surface area contributed by atoms with Gasteiger partial charge in [-0.05, 0) is 49.9 Å². The molecule has 0 bridgehead atoms. The van der Waals surface area contributed by atoms with Crippen LogP contribution in [0.15, 0.2) is 47.1 Å². The van der Waals surface area contributed by atoms with Crippen molar-refractivity contribution < 1.29 is 14.0 Å². The Bertz CT molecular complexity index is 1000. The van der Waals surface area contributed by atoms with Gasteiger partial charge in [0.2, 0.25) is 5.91 Å². The number of rotatable bonds is 6. The van der Waals surface area contributed by atoms with Gasteiger partial charge in [0.15, 0.2) is 5.69 Å². The zero-order chi connectivity index (χ0) is 19.5. The molecule has 0 aliphatic heterocycles. The lowest BCUT2D eigenvalue weighted by Gasteiger charge is -2.08. The molecule has 0 saturated carbocycles. The normalized spacial score (nSPS) is 12.6. The highest BCUT2D eigenvalue weighted by atomic mass is 16.3. The molecule has 2 N–H and O–H groups in total. The van der Waals surface area contributed by atoms with Crippen LogP contribution in [-0.4, -0.2) is 28.1 Å². The van der Waals surface area contributed by atoms with Gasteiger partial charge in [0, 0.05) is 11.3 Å². The molecule has 1 aromatic carbocycles. The van der Waals surface area contributed by atoms with Gasteiger partial charge >= 0.3 is 0 Å². The van der Waals surface area contributed by atoms with E-state index in [9.17, 15) is 9.59 Å². The number of fused-ring (bicyclic) bond motifs is 1. The number of aromatic nitrogens is 2. The summed E-state index contributed by atoms with van der Waals surface area (Å²) in [6.45, 7) is 2.21. The van der Waals surface area contributed by atoms with E-state index in [-0.39, 0.29) is 18.4 Å². The molecule has 0 fully saturated rings. The molecule has 7 nitrogen and oxygen atoms in total. The molecule has 0 unspecified atom stereocenters. The van der Waals surface area contributed by atoms with E-state index in [0.29, 0.717) is 18.0 Å². The third kappa shape index (κ3) is 3.55. The minimum atomic E-state index is -0.321. The molecular weight excluding hydrogens is 356 g/mol. The van der Waals surface area contributed by atoms with Crippen LogP contribution in [-0.2, 0) is 24.2 Å². The molecule has 1 aliphatic rings. The number of aryl methyl sites for hydroxylation is 1. The number of amides is 2. The van der Waals surface area contributed by atoms with Gasteiger partial charge < -0.3 is 15.1 Å². The highest BCUT2D eigenvalue weighted by Crippen LogP contribution is 2.28. The number of nitrogens with one attached hydrogen (secondary N) is 2. The molecule has 0 spiro atoms. The van der Waals surface area contributed by atoms with E-state index in [1.807, 2.05) is 35.9 Å². The first kappa shape index (κ1) is 18.0.